The van der Waals surface area contributed by atoms with Gasteiger partial charge in [0.25, 0.3) is 15.2 Å². The number of aromatic nitrogens is 1. The molecule has 220 valence electrons. The van der Waals surface area contributed by atoms with Crippen LogP contribution >= 0.6 is 23.1 Å². The number of thioether (sulfide) groups is 1. The zero-order valence-corrected chi connectivity index (χ0v) is 24.4. The van der Waals surface area contributed by atoms with E-state index in [1.165, 1.54) is 43.6 Å². The number of carbonyl (C=O) groups is 2. The minimum absolute atomic E-state index is 0.0431. The number of nitrogens with one attached hydrogen (secondary N) is 4. The van der Waals surface area contributed by atoms with Crippen LogP contribution in [0.5, 0.6) is 0 Å². The molecule has 2 rings (SSSR count). The van der Waals surface area contributed by atoms with Crippen molar-refractivity contribution in [3.05, 3.63) is 47.5 Å². The van der Waals surface area contributed by atoms with Crippen LogP contribution in [0, 0.1) is 0 Å². The minimum Gasteiger partial charge on any atom is -0.545 e. The Balaban J connectivity index is 0.000000869. The van der Waals surface area contributed by atoms with Crippen molar-refractivity contribution in [3.8, 4) is 0 Å². The first kappa shape index (κ1) is 34.3. The molecule has 40 heavy (non-hydrogen) atoms. The van der Waals surface area contributed by atoms with Gasteiger partial charge in [-0.3, -0.25) is 4.99 Å². The van der Waals surface area contributed by atoms with E-state index >= 15 is 0 Å². The zero-order chi connectivity index (χ0) is 30.3. The van der Waals surface area contributed by atoms with E-state index in [1.54, 1.807) is 11.8 Å². The molecule has 0 amide bonds. The Morgan fingerprint density at radius 2 is 1.85 bits per heavy atom. The van der Waals surface area contributed by atoms with Gasteiger partial charge in [0.05, 0.1) is 15.8 Å². The number of carboxylic acids is 2. The van der Waals surface area contributed by atoms with Crippen molar-refractivity contribution in [3.63, 3.8) is 0 Å². The van der Waals surface area contributed by atoms with Crippen LogP contribution < -0.4 is 36.3 Å². The summed E-state index contributed by atoms with van der Waals surface area (Å²) in [5.74, 6) is -1.38. The van der Waals surface area contributed by atoms with Gasteiger partial charge < -0.3 is 31.8 Å². The number of carboxylic acid groups (broad SMARTS) is 2. The van der Waals surface area contributed by atoms with Crippen molar-refractivity contribution < 1.29 is 41.6 Å². The number of rotatable bonds is 12. The first-order valence-electron chi connectivity index (χ1n) is 10.8. The first-order valence-corrected chi connectivity index (χ1v) is 15.8. The van der Waals surface area contributed by atoms with Crippen molar-refractivity contribution in [2.24, 2.45) is 16.5 Å². The van der Waals surface area contributed by atoms with Gasteiger partial charge in [0.15, 0.2) is 0 Å². The fraction of sp³-hybridized carbons (Fsp3) is 0.250. The predicted molar refractivity (Wildman–Crippen MR) is 148 cm³/mol. The van der Waals surface area contributed by atoms with Crippen molar-refractivity contribution in [1.29, 1.82) is 0 Å². The van der Waals surface area contributed by atoms with Crippen LogP contribution in [-0.4, -0.2) is 77.2 Å². The van der Waals surface area contributed by atoms with Gasteiger partial charge >= 0.3 is 11.9 Å². The van der Waals surface area contributed by atoms with Crippen molar-refractivity contribution in [2.45, 2.75) is 15.5 Å². The highest BCUT2D eigenvalue weighted by molar-refractivity contribution is 7.98. The van der Waals surface area contributed by atoms with Crippen LogP contribution in [0.15, 0.2) is 56.6 Å². The van der Waals surface area contributed by atoms with Gasteiger partial charge in [-0.1, -0.05) is 17.4 Å². The van der Waals surface area contributed by atoms with E-state index in [4.69, 9.17) is 16.6 Å². The van der Waals surface area contributed by atoms with Crippen LogP contribution in [0.25, 0.3) is 0 Å². The summed E-state index contributed by atoms with van der Waals surface area (Å²) in [5.41, 5.74) is 11.6. The van der Waals surface area contributed by atoms with Crippen molar-refractivity contribution >= 4 is 72.1 Å². The monoisotopic (exact) mass is 636 g/mol. The number of carbonyl (C=O) groups excluding carboxylic acids is 1. The lowest BCUT2D eigenvalue weighted by Gasteiger charge is -2.13. The standard InChI is InChI=1S/C16H24N8O4S4.C4H4O4/c1-19-15(21-6-7-29-9-11-10-30-16(22-11)23-14(17)18)24-32(27,28)13-5-3-4-12(8-13)31(25,26)20-2;5-3(6)1-2-4(7)8/h3-5,8,10,20H,6-7,9H2,1-2H3,(H2,19,21,24)(H4,17,18,22,23);1-2H,(H,5,6)(H,7,8)/b;2-1+. The highest BCUT2D eigenvalue weighted by atomic mass is 32.2. The molecule has 0 atom stereocenters. The Labute approximate surface area is 238 Å². The number of nitrogens with zero attached hydrogens (tertiary/aromatic N) is 2. The third kappa shape index (κ3) is 12.9. The molecule has 0 unspecified atom stereocenters. The molecule has 0 aliphatic rings. The molecule has 0 bridgehead atoms. The third-order valence-electron chi connectivity index (χ3n) is 4.10. The number of benzene rings is 1. The maximum Gasteiger partial charge on any atom is 0.328 e. The summed E-state index contributed by atoms with van der Waals surface area (Å²) < 4.78 is 53.6. The molecule has 0 spiro atoms. The molecular formula is C20H28N8O8S4. The van der Waals surface area contributed by atoms with E-state index < -0.39 is 32.0 Å². The highest BCUT2D eigenvalue weighted by Gasteiger charge is 2.20. The van der Waals surface area contributed by atoms with Crippen LogP contribution in [0.1, 0.15) is 5.69 Å². The lowest BCUT2D eigenvalue weighted by molar-refractivity contribution is -0.355. The summed E-state index contributed by atoms with van der Waals surface area (Å²) in [7, 11) is -5.13. The number of hydrogen-bond acceptors (Lipinski definition) is 11. The molecule has 0 radical (unpaired) electrons. The van der Waals surface area contributed by atoms with E-state index in [9.17, 15) is 31.5 Å². The second-order valence-electron chi connectivity index (χ2n) is 7.05. The Bertz CT molecular complexity index is 1450. The average Bonchev–Trinajstić information content (AvgIpc) is 3.33. The number of sulfonamides is 2. The molecule has 16 nitrogen and oxygen atoms in total. The molecule has 1 heterocycles. The Hall–Kier alpha value is -3.72. The number of aliphatic carboxylic acids is 2. The molecule has 20 heteroatoms. The zero-order valence-electron chi connectivity index (χ0n) is 21.1. The summed E-state index contributed by atoms with van der Waals surface area (Å²) in [5, 5.41) is 22.6. The second kappa shape index (κ2) is 16.4. The number of hydrogen-bond donors (Lipinski definition) is 7. The lowest BCUT2D eigenvalue weighted by Crippen LogP contribution is -2.72. The molecule has 2 aromatic rings. The van der Waals surface area contributed by atoms with Crippen molar-refractivity contribution in [1.82, 2.24) is 19.7 Å². The van der Waals surface area contributed by atoms with Crippen LogP contribution in [0.2, 0.25) is 0 Å². The maximum atomic E-state index is 12.6. The van der Waals surface area contributed by atoms with E-state index in [0.29, 0.717) is 35.3 Å². The second-order valence-corrected chi connectivity index (χ2v) is 12.6. The van der Waals surface area contributed by atoms with Gasteiger partial charge in [0.1, 0.15) is 5.69 Å². The van der Waals surface area contributed by atoms with E-state index in [0.717, 1.165) is 11.8 Å². The summed E-state index contributed by atoms with van der Waals surface area (Å²) >= 11 is 2.98. The largest absolute Gasteiger partial charge is 0.545 e. The molecule has 0 fully saturated rings. The molecule has 0 aliphatic carbocycles. The first-order chi connectivity index (χ1) is 18.7. The molecule has 1 aromatic carbocycles. The normalized spacial score (nSPS) is 11.8. The summed E-state index contributed by atoms with van der Waals surface area (Å²) in [6.07, 6.45) is 0.942. The number of aliphatic imine (C=N–C) groups is 1. The quantitative estimate of drug-likeness (QED) is 0.0510. The molecule has 0 saturated heterocycles. The predicted octanol–water partition coefficient (Wildman–Crippen LogP) is -3.80. The fourth-order valence-corrected chi connectivity index (χ4v) is 5.89. The highest BCUT2D eigenvalue weighted by Crippen LogP contribution is 2.16. The molecular weight excluding hydrogens is 609 g/mol. The molecule has 1 aromatic heterocycles. The SMILES string of the molecule is CN=C(NCCSCc1csc([NH+]=C(N)N)n1)NS(=O)(=O)c1cccc(S(=O)(=O)NC)c1.O=C([O-])/C=C/C(=O)O. The molecule has 0 saturated carbocycles. The average molecular weight is 637 g/mol. The lowest BCUT2D eigenvalue weighted by atomic mass is 10.4. The maximum absolute atomic E-state index is 12.6. The summed E-state index contributed by atoms with van der Waals surface area (Å²) in [4.78, 5) is 29.6. The Morgan fingerprint density at radius 3 is 2.38 bits per heavy atom. The fourth-order valence-electron chi connectivity index (χ4n) is 2.39. The summed E-state index contributed by atoms with van der Waals surface area (Å²) in [6, 6.07) is 5.03. The smallest absolute Gasteiger partial charge is 0.328 e. The van der Waals surface area contributed by atoms with Gasteiger partial charge in [0.2, 0.25) is 16.0 Å². The van der Waals surface area contributed by atoms with E-state index in [-0.39, 0.29) is 21.7 Å². The van der Waals surface area contributed by atoms with Gasteiger partial charge in [-0.05, 0) is 31.3 Å². The van der Waals surface area contributed by atoms with Crippen molar-refractivity contribution in [2.75, 3.05) is 26.4 Å². The van der Waals surface area contributed by atoms with Gasteiger partial charge in [-0.15, -0.1) is 4.98 Å². The van der Waals surface area contributed by atoms with E-state index in [1.807, 2.05) is 5.38 Å². The minimum atomic E-state index is -4.04. The number of nitrogens with two attached hydrogens (primary N) is 2. The third-order valence-corrected chi connectivity index (χ3v) is 8.65. The molecule has 0 aliphatic heterocycles. The van der Waals surface area contributed by atoms with Crippen LogP contribution in [0.4, 0.5) is 5.13 Å². The number of thiazole rings is 1. The molecule has 9 N–H and O–H groups in total. The van der Waals surface area contributed by atoms with Crippen LogP contribution in [0.3, 0.4) is 0 Å². The van der Waals surface area contributed by atoms with E-state index in [2.05, 4.69) is 29.7 Å². The van der Waals surface area contributed by atoms with Gasteiger partial charge in [0, 0.05) is 36.6 Å². The van der Waals surface area contributed by atoms with Gasteiger partial charge in [-0.2, -0.15) is 11.8 Å². The van der Waals surface area contributed by atoms with Crippen LogP contribution in [-0.2, 0) is 35.4 Å². The number of guanidine groups is 2. The Morgan fingerprint density at radius 1 is 1.20 bits per heavy atom. The Kier molecular flexibility index (Phi) is 14.1. The van der Waals surface area contributed by atoms with Gasteiger partial charge in [-0.25, -0.2) is 36.1 Å². The topological polar surface area (TPSA) is 273 Å². The summed E-state index contributed by atoms with van der Waals surface area (Å²) in [6.45, 7) is 0.437.